The van der Waals surface area contributed by atoms with E-state index in [0.717, 1.165) is 0 Å². The Kier molecular flexibility index (Phi) is 2.64. The Morgan fingerprint density at radius 3 is 3.07 bits per heavy atom. The fraction of sp³-hybridized carbons (Fsp3) is 0.333. The second-order valence-corrected chi connectivity index (χ2v) is 3.81. The highest BCUT2D eigenvalue weighted by molar-refractivity contribution is 6.23. The molecule has 0 spiro atoms. The lowest BCUT2D eigenvalue weighted by atomic mass is 9.99. The summed E-state index contributed by atoms with van der Waals surface area (Å²) in [6, 6.07) is 0. The highest BCUT2D eigenvalue weighted by Gasteiger charge is 2.19. The van der Waals surface area contributed by atoms with Crippen molar-refractivity contribution in [3.05, 3.63) is 24.1 Å². The third-order valence-electron chi connectivity index (χ3n) is 2.19. The minimum atomic E-state index is -0.135. The first-order valence-corrected chi connectivity index (χ1v) is 4.92. The second-order valence-electron chi connectivity index (χ2n) is 3.25. The molecule has 15 heavy (non-hydrogen) atoms. The number of carbonyl (C=O) groups excluding carboxylic acids is 1. The predicted octanol–water partition coefficient (Wildman–Crippen LogP) is 1.04. The van der Waals surface area contributed by atoms with Gasteiger partial charge in [0.15, 0.2) is 5.78 Å². The lowest BCUT2D eigenvalue weighted by molar-refractivity contribution is -0.113. The zero-order valence-electron chi connectivity index (χ0n) is 8.09. The normalized spacial score (nSPS) is 20.8. The van der Waals surface area contributed by atoms with Gasteiger partial charge in [0.25, 0.3) is 0 Å². The van der Waals surface area contributed by atoms with Crippen LogP contribution < -0.4 is 0 Å². The van der Waals surface area contributed by atoms with Crippen LogP contribution in [0, 0.1) is 0 Å². The number of rotatable bonds is 2. The quantitative estimate of drug-likeness (QED) is 0.705. The average molecular weight is 225 g/mol. The maximum Gasteiger partial charge on any atom is 0.158 e. The lowest BCUT2D eigenvalue weighted by Gasteiger charge is -2.15. The summed E-state index contributed by atoms with van der Waals surface area (Å²) in [6.45, 7) is 1.52. The molecule has 6 heteroatoms. The van der Waals surface area contributed by atoms with Gasteiger partial charge in [-0.05, 0) is 29.8 Å². The van der Waals surface area contributed by atoms with E-state index in [9.17, 15) is 4.79 Å². The van der Waals surface area contributed by atoms with Gasteiger partial charge in [-0.15, -0.1) is 16.7 Å². The molecule has 1 atom stereocenters. The molecule has 0 saturated carbocycles. The molecule has 1 aromatic rings. The summed E-state index contributed by atoms with van der Waals surface area (Å²) < 4.78 is 1.47. The van der Waals surface area contributed by atoms with Crippen LogP contribution in [-0.4, -0.2) is 31.4 Å². The third kappa shape index (κ3) is 1.97. The Balaban J connectivity index is 2.46. The number of allylic oxidation sites excluding steroid dienone is 4. The molecule has 0 fully saturated rings. The summed E-state index contributed by atoms with van der Waals surface area (Å²) in [4.78, 5) is 11.4. The van der Waals surface area contributed by atoms with E-state index in [1.807, 2.05) is 6.08 Å². The molecule has 0 radical (unpaired) electrons. The number of tetrazole rings is 1. The summed E-state index contributed by atoms with van der Waals surface area (Å²) in [7, 11) is 0. The molecule has 0 bridgehead atoms. The van der Waals surface area contributed by atoms with Crippen molar-refractivity contribution in [2.75, 3.05) is 0 Å². The van der Waals surface area contributed by atoms with Gasteiger partial charge in [0, 0.05) is 5.57 Å². The van der Waals surface area contributed by atoms with E-state index >= 15 is 0 Å². The molecular weight excluding hydrogens is 216 g/mol. The molecular formula is C9H9ClN4O. The van der Waals surface area contributed by atoms with Gasteiger partial charge in [-0.25, -0.2) is 4.68 Å². The summed E-state index contributed by atoms with van der Waals surface area (Å²) in [5, 5.41) is 10.7. The van der Waals surface area contributed by atoms with Gasteiger partial charge in [-0.1, -0.05) is 6.08 Å². The van der Waals surface area contributed by atoms with Crippen LogP contribution in [0.25, 0.3) is 5.70 Å². The van der Waals surface area contributed by atoms with Crippen molar-refractivity contribution >= 4 is 23.1 Å². The van der Waals surface area contributed by atoms with Crippen molar-refractivity contribution in [2.24, 2.45) is 0 Å². The summed E-state index contributed by atoms with van der Waals surface area (Å²) in [5.74, 6) is -0.00417. The number of alkyl halides is 1. The van der Waals surface area contributed by atoms with Gasteiger partial charge in [0.2, 0.25) is 0 Å². The van der Waals surface area contributed by atoms with E-state index in [0.29, 0.717) is 17.7 Å². The Labute approximate surface area is 91.4 Å². The van der Waals surface area contributed by atoms with Crippen LogP contribution in [0.1, 0.15) is 13.3 Å². The second kappa shape index (κ2) is 3.94. The zero-order valence-corrected chi connectivity index (χ0v) is 8.85. The van der Waals surface area contributed by atoms with E-state index in [1.165, 1.54) is 17.9 Å². The van der Waals surface area contributed by atoms with Crippen LogP contribution in [-0.2, 0) is 4.79 Å². The van der Waals surface area contributed by atoms with Crippen molar-refractivity contribution < 1.29 is 4.79 Å². The number of carbonyl (C=O) groups is 1. The molecule has 2 rings (SSSR count). The standard InChI is InChI=1S/C9H9ClN4O/c1-6(15)8-4-7(10)2-3-9(8)14-5-11-12-13-14/h2-3,5,7H,4H2,1H3. The molecule has 0 aliphatic heterocycles. The first kappa shape index (κ1) is 10.0. The molecule has 1 aliphatic carbocycles. The molecule has 0 saturated heterocycles. The number of hydrogen-bond donors (Lipinski definition) is 0. The van der Waals surface area contributed by atoms with Gasteiger partial charge in [-0.3, -0.25) is 4.79 Å². The Morgan fingerprint density at radius 1 is 1.67 bits per heavy atom. The minimum absolute atomic E-state index is 0.00417. The molecule has 0 N–H and O–H groups in total. The first-order valence-electron chi connectivity index (χ1n) is 4.48. The van der Waals surface area contributed by atoms with Crippen LogP contribution in [0.2, 0.25) is 0 Å². The molecule has 1 aromatic heterocycles. The van der Waals surface area contributed by atoms with Crippen LogP contribution >= 0.6 is 11.6 Å². The first-order chi connectivity index (χ1) is 7.18. The van der Waals surface area contributed by atoms with Crippen LogP contribution in [0.15, 0.2) is 24.1 Å². The number of halogens is 1. The van der Waals surface area contributed by atoms with E-state index in [1.54, 1.807) is 6.08 Å². The number of Topliss-reactive ketones (excluding diaryl/α,β-unsaturated/α-hetero) is 1. The Bertz CT molecular complexity index is 435. The van der Waals surface area contributed by atoms with Gasteiger partial charge in [0.1, 0.15) is 6.33 Å². The third-order valence-corrected chi connectivity index (χ3v) is 2.49. The highest BCUT2D eigenvalue weighted by Crippen LogP contribution is 2.25. The predicted molar refractivity (Wildman–Crippen MR) is 55.1 cm³/mol. The Hall–Kier alpha value is -1.49. The fourth-order valence-corrected chi connectivity index (χ4v) is 1.70. The fourth-order valence-electron chi connectivity index (χ4n) is 1.47. The number of aromatic nitrogens is 4. The van der Waals surface area contributed by atoms with Crippen molar-refractivity contribution in [1.29, 1.82) is 0 Å². The van der Waals surface area contributed by atoms with Crippen molar-refractivity contribution in [3.8, 4) is 0 Å². The van der Waals surface area contributed by atoms with Crippen molar-refractivity contribution in [3.63, 3.8) is 0 Å². The summed E-state index contributed by atoms with van der Waals surface area (Å²) in [5.41, 5.74) is 1.36. The van der Waals surface area contributed by atoms with Crippen LogP contribution in [0.4, 0.5) is 0 Å². The summed E-state index contributed by atoms with van der Waals surface area (Å²) in [6.07, 6.45) is 5.57. The molecule has 1 unspecified atom stereocenters. The topological polar surface area (TPSA) is 60.7 Å². The van der Waals surface area contributed by atoms with E-state index in [2.05, 4.69) is 15.5 Å². The monoisotopic (exact) mass is 224 g/mol. The molecule has 5 nitrogen and oxygen atoms in total. The SMILES string of the molecule is CC(=O)C1=C(n2cnnn2)C=CC(Cl)C1. The molecule has 1 heterocycles. The van der Waals surface area contributed by atoms with Gasteiger partial charge < -0.3 is 0 Å². The van der Waals surface area contributed by atoms with E-state index < -0.39 is 0 Å². The van der Waals surface area contributed by atoms with Gasteiger partial charge in [-0.2, -0.15) is 0 Å². The van der Waals surface area contributed by atoms with Crippen LogP contribution in [0.3, 0.4) is 0 Å². The lowest BCUT2D eigenvalue weighted by Crippen LogP contribution is -2.13. The van der Waals surface area contributed by atoms with Crippen molar-refractivity contribution in [2.45, 2.75) is 18.7 Å². The zero-order chi connectivity index (χ0) is 10.8. The van der Waals surface area contributed by atoms with Crippen molar-refractivity contribution in [1.82, 2.24) is 20.2 Å². The van der Waals surface area contributed by atoms with Gasteiger partial charge in [0.05, 0.1) is 11.1 Å². The number of hydrogen-bond acceptors (Lipinski definition) is 4. The molecule has 1 aliphatic rings. The van der Waals surface area contributed by atoms with Crippen LogP contribution in [0.5, 0.6) is 0 Å². The van der Waals surface area contributed by atoms with E-state index in [-0.39, 0.29) is 11.2 Å². The maximum atomic E-state index is 11.4. The molecule has 0 amide bonds. The number of nitrogens with zero attached hydrogens (tertiary/aromatic N) is 4. The smallest absolute Gasteiger partial charge is 0.158 e. The summed E-state index contributed by atoms with van der Waals surface area (Å²) >= 11 is 5.95. The Morgan fingerprint density at radius 2 is 2.47 bits per heavy atom. The minimum Gasteiger partial charge on any atom is -0.295 e. The molecule has 78 valence electrons. The largest absolute Gasteiger partial charge is 0.295 e. The highest BCUT2D eigenvalue weighted by atomic mass is 35.5. The van der Waals surface area contributed by atoms with E-state index in [4.69, 9.17) is 11.6 Å². The molecule has 0 aromatic carbocycles. The number of ketones is 1. The maximum absolute atomic E-state index is 11.4. The van der Waals surface area contributed by atoms with Gasteiger partial charge >= 0.3 is 0 Å². The average Bonchev–Trinajstić information content (AvgIpc) is 2.70.